The third-order valence-corrected chi connectivity index (χ3v) is 4.12. The summed E-state index contributed by atoms with van der Waals surface area (Å²) in [6.07, 6.45) is 3.87. The van der Waals surface area contributed by atoms with Crippen molar-refractivity contribution in [3.8, 4) is 11.3 Å². The molecule has 0 saturated carbocycles. The maximum atomic E-state index is 5.96. The van der Waals surface area contributed by atoms with Gasteiger partial charge in [-0.1, -0.05) is 23.8 Å². The Morgan fingerprint density at radius 2 is 1.90 bits per heavy atom. The normalized spacial score (nSPS) is 16.2. The lowest BCUT2D eigenvalue weighted by Gasteiger charge is -2.30. The van der Waals surface area contributed by atoms with Crippen LogP contribution in [0.1, 0.15) is 24.0 Å². The topological polar surface area (TPSA) is 55.0 Å². The standard InChI is InChI=1S/C17H22N4/c1-12-3-4-15(13(2)11-12)16-5-8-19-17(20-16)21-9-6-14(18)7-10-21/h3-5,8,11,14H,6-7,9-10,18H2,1-2H3. The molecule has 0 amide bonds. The molecule has 0 bridgehead atoms. The zero-order valence-corrected chi connectivity index (χ0v) is 12.7. The van der Waals surface area contributed by atoms with E-state index in [0.29, 0.717) is 6.04 Å². The summed E-state index contributed by atoms with van der Waals surface area (Å²) in [5, 5.41) is 0. The number of piperidine rings is 1. The molecule has 0 aliphatic carbocycles. The molecular weight excluding hydrogens is 260 g/mol. The van der Waals surface area contributed by atoms with Gasteiger partial charge in [0.2, 0.25) is 5.95 Å². The van der Waals surface area contributed by atoms with E-state index in [2.05, 4.69) is 41.9 Å². The summed E-state index contributed by atoms with van der Waals surface area (Å²) in [7, 11) is 0. The summed E-state index contributed by atoms with van der Waals surface area (Å²) >= 11 is 0. The molecule has 110 valence electrons. The number of nitrogens with two attached hydrogens (primary N) is 1. The molecule has 2 N–H and O–H groups in total. The van der Waals surface area contributed by atoms with E-state index in [-0.39, 0.29) is 0 Å². The van der Waals surface area contributed by atoms with Crippen LogP contribution >= 0.6 is 0 Å². The zero-order valence-electron chi connectivity index (χ0n) is 12.7. The van der Waals surface area contributed by atoms with Gasteiger partial charge in [-0.2, -0.15) is 0 Å². The first-order chi connectivity index (χ1) is 10.1. The number of benzene rings is 1. The molecular formula is C17H22N4. The van der Waals surface area contributed by atoms with Crippen LogP contribution in [-0.2, 0) is 0 Å². The van der Waals surface area contributed by atoms with Crippen LogP contribution in [0.3, 0.4) is 0 Å². The van der Waals surface area contributed by atoms with E-state index in [0.717, 1.165) is 37.6 Å². The Kier molecular flexibility index (Phi) is 3.88. The Bertz CT molecular complexity index is 630. The summed E-state index contributed by atoms with van der Waals surface area (Å²) in [5.74, 6) is 0.819. The lowest BCUT2D eigenvalue weighted by molar-refractivity contribution is 0.495. The van der Waals surface area contributed by atoms with E-state index in [1.807, 2.05) is 12.3 Å². The van der Waals surface area contributed by atoms with Crippen LogP contribution in [0.4, 0.5) is 5.95 Å². The molecule has 2 aromatic rings. The van der Waals surface area contributed by atoms with Crippen LogP contribution in [0.5, 0.6) is 0 Å². The van der Waals surface area contributed by atoms with E-state index in [4.69, 9.17) is 10.7 Å². The van der Waals surface area contributed by atoms with Crippen molar-refractivity contribution in [1.29, 1.82) is 0 Å². The van der Waals surface area contributed by atoms with Crippen LogP contribution < -0.4 is 10.6 Å². The molecule has 1 fully saturated rings. The molecule has 4 nitrogen and oxygen atoms in total. The Morgan fingerprint density at radius 1 is 1.14 bits per heavy atom. The number of aromatic nitrogens is 2. The van der Waals surface area contributed by atoms with Gasteiger partial charge in [0.25, 0.3) is 0 Å². The van der Waals surface area contributed by atoms with Crippen molar-refractivity contribution in [2.24, 2.45) is 5.73 Å². The van der Waals surface area contributed by atoms with Gasteiger partial charge in [0.05, 0.1) is 5.69 Å². The van der Waals surface area contributed by atoms with Gasteiger partial charge in [0.1, 0.15) is 0 Å². The minimum absolute atomic E-state index is 0.323. The third-order valence-electron chi connectivity index (χ3n) is 4.12. The average Bonchev–Trinajstić information content (AvgIpc) is 2.48. The number of hydrogen-bond acceptors (Lipinski definition) is 4. The highest BCUT2D eigenvalue weighted by Gasteiger charge is 2.18. The summed E-state index contributed by atoms with van der Waals surface area (Å²) < 4.78 is 0. The zero-order chi connectivity index (χ0) is 14.8. The van der Waals surface area contributed by atoms with Gasteiger partial charge in [-0.25, -0.2) is 9.97 Å². The Balaban J connectivity index is 1.89. The maximum Gasteiger partial charge on any atom is 0.225 e. The molecule has 0 spiro atoms. The highest BCUT2D eigenvalue weighted by Crippen LogP contribution is 2.24. The van der Waals surface area contributed by atoms with Gasteiger partial charge in [0, 0.05) is 30.9 Å². The Morgan fingerprint density at radius 3 is 2.62 bits per heavy atom. The van der Waals surface area contributed by atoms with Gasteiger partial charge >= 0.3 is 0 Å². The molecule has 1 aromatic carbocycles. The van der Waals surface area contributed by atoms with Gasteiger partial charge in [-0.15, -0.1) is 0 Å². The van der Waals surface area contributed by atoms with Crippen LogP contribution in [0, 0.1) is 13.8 Å². The number of hydrogen-bond donors (Lipinski definition) is 1. The molecule has 1 aromatic heterocycles. The number of aryl methyl sites for hydroxylation is 2. The minimum Gasteiger partial charge on any atom is -0.341 e. The molecule has 0 radical (unpaired) electrons. The van der Waals surface area contributed by atoms with Crippen molar-refractivity contribution in [3.05, 3.63) is 41.6 Å². The molecule has 4 heteroatoms. The maximum absolute atomic E-state index is 5.96. The van der Waals surface area contributed by atoms with Gasteiger partial charge in [-0.05, 0) is 38.3 Å². The minimum atomic E-state index is 0.323. The quantitative estimate of drug-likeness (QED) is 0.920. The molecule has 0 unspecified atom stereocenters. The lowest BCUT2D eigenvalue weighted by atomic mass is 10.0. The van der Waals surface area contributed by atoms with Crippen LogP contribution in [0.25, 0.3) is 11.3 Å². The number of rotatable bonds is 2. The fraction of sp³-hybridized carbons (Fsp3) is 0.412. The summed E-state index contributed by atoms with van der Waals surface area (Å²) in [5.41, 5.74) is 10.7. The first kappa shape index (κ1) is 14.0. The predicted molar refractivity (Wildman–Crippen MR) is 86.4 cm³/mol. The lowest BCUT2D eigenvalue weighted by Crippen LogP contribution is -2.40. The van der Waals surface area contributed by atoms with Gasteiger partial charge < -0.3 is 10.6 Å². The highest BCUT2D eigenvalue weighted by molar-refractivity contribution is 5.64. The average molecular weight is 282 g/mol. The van der Waals surface area contributed by atoms with Crippen molar-refractivity contribution in [3.63, 3.8) is 0 Å². The Labute approximate surface area is 126 Å². The van der Waals surface area contributed by atoms with E-state index >= 15 is 0 Å². The summed E-state index contributed by atoms with van der Waals surface area (Å²) in [4.78, 5) is 11.4. The fourth-order valence-electron chi connectivity index (χ4n) is 2.85. The molecule has 3 rings (SSSR count). The fourth-order valence-corrected chi connectivity index (χ4v) is 2.85. The van der Waals surface area contributed by atoms with Crippen molar-refractivity contribution in [2.45, 2.75) is 32.7 Å². The largest absolute Gasteiger partial charge is 0.341 e. The summed E-state index contributed by atoms with van der Waals surface area (Å²) in [6, 6.07) is 8.77. The van der Waals surface area contributed by atoms with E-state index < -0.39 is 0 Å². The molecule has 1 aliphatic rings. The first-order valence-corrected chi connectivity index (χ1v) is 7.54. The summed E-state index contributed by atoms with van der Waals surface area (Å²) in [6.45, 7) is 6.12. The molecule has 2 heterocycles. The van der Waals surface area contributed by atoms with Crippen molar-refractivity contribution < 1.29 is 0 Å². The number of anilines is 1. The van der Waals surface area contributed by atoms with E-state index in [1.165, 1.54) is 16.7 Å². The predicted octanol–water partition coefficient (Wildman–Crippen LogP) is 2.69. The van der Waals surface area contributed by atoms with Crippen LogP contribution in [0.15, 0.2) is 30.5 Å². The van der Waals surface area contributed by atoms with Gasteiger partial charge in [-0.3, -0.25) is 0 Å². The Hall–Kier alpha value is -1.94. The SMILES string of the molecule is Cc1ccc(-c2ccnc(N3CCC(N)CC3)n2)c(C)c1. The van der Waals surface area contributed by atoms with Crippen LogP contribution in [0.2, 0.25) is 0 Å². The highest BCUT2D eigenvalue weighted by atomic mass is 15.3. The smallest absolute Gasteiger partial charge is 0.225 e. The number of nitrogens with zero attached hydrogens (tertiary/aromatic N) is 3. The third kappa shape index (κ3) is 3.05. The monoisotopic (exact) mass is 282 g/mol. The van der Waals surface area contributed by atoms with Crippen LogP contribution in [-0.4, -0.2) is 29.1 Å². The second-order valence-electron chi connectivity index (χ2n) is 5.88. The second kappa shape index (κ2) is 5.82. The second-order valence-corrected chi connectivity index (χ2v) is 5.88. The van der Waals surface area contributed by atoms with E-state index in [9.17, 15) is 0 Å². The van der Waals surface area contributed by atoms with Gasteiger partial charge in [0.15, 0.2) is 0 Å². The van der Waals surface area contributed by atoms with Crippen molar-refractivity contribution >= 4 is 5.95 Å². The van der Waals surface area contributed by atoms with Crippen molar-refractivity contribution in [2.75, 3.05) is 18.0 Å². The molecule has 21 heavy (non-hydrogen) atoms. The van der Waals surface area contributed by atoms with Crippen molar-refractivity contribution in [1.82, 2.24) is 9.97 Å². The molecule has 1 aliphatic heterocycles. The first-order valence-electron chi connectivity index (χ1n) is 7.54. The molecule has 0 atom stereocenters. The van der Waals surface area contributed by atoms with E-state index in [1.54, 1.807) is 0 Å². The molecule has 1 saturated heterocycles.